The van der Waals surface area contributed by atoms with E-state index in [0.29, 0.717) is 31.2 Å². The number of amides is 12. The quantitative estimate of drug-likeness (QED) is 0.202. The van der Waals surface area contributed by atoms with Crippen molar-refractivity contribution in [3.05, 3.63) is 35.9 Å². The summed E-state index contributed by atoms with van der Waals surface area (Å²) in [6, 6.07) is 2.43. The molecule has 3 saturated heterocycles. The van der Waals surface area contributed by atoms with Gasteiger partial charge in [0.15, 0.2) is 0 Å². The molecule has 0 bridgehead atoms. The number of hydrogen-bond donors (Lipinski definition) is 6. The van der Waals surface area contributed by atoms with E-state index in [1.807, 2.05) is 0 Å². The molecule has 1 aromatic rings. The van der Waals surface area contributed by atoms with E-state index < -0.39 is 158 Å². The zero-order valence-electron chi connectivity index (χ0n) is 46.3. The summed E-state index contributed by atoms with van der Waals surface area (Å²) in [7, 11) is 5.43. The van der Waals surface area contributed by atoms with Crippen molar-refractivity contribution in [1.82, 2.24) is 61.3 Å². The lowest BCUT2D eigenvalue weighted by Gasteiger charge is -2.37. The van der Waals surface area contributed by atoms with Crippen LogP contribution in [0.25, 0.3) is 0 Å². The highest BCUT2D eigenvalue weighted by atomic mass is 16.6. The van der Waals surface area contributed by atoms with Crippen molar-refractivity contribution >= 4 is 71.3 Å². The van der Waals surface area contributed by atoms with Gasteiger partial charge in [0, 0.05) is 54.4 Å². The molecule has 3 aliphatic heterocycles. The van der Waals surface area contributed by atoms with E-state index in [-0.39, 0.29) is 45.4 Å². The van der Waals surface area contributed by atoms with Crippen molar-refractivity contribution in [2.24, 2.45) is 5.92 Å². The van der Waals surface area contributed by atoms with Crippen molar-refractivity contribution < 1.29 is 67.0 Å². The van der Waals surface area contributed by atoms with Crippen LogP contribution in [0.3, 0.4) is 0 Å². The Hall–Kier alpha value is -7.54. The normalized spacial score (nSPS) is 24.7. The molecule has 1 aromatic carbocycles. The first-order valence-electron chi connectivity index (χ1n) is 26.4. The zero-order chi connectivity index (χ0) is 57.6. The number of ether oxygens (including phenoxy) is 2. The van der Waals surface area contributed by atoms with Crippen molar-refractivity contribution in [2.45, 2.75) is 134 Å². The molecule has 26 nitrogen and oxygen atoms in total. The van der Waals surface area contributed by atoms with Crippen LogP contribution in [-0.4, -0.2) is 223 Å². The van der Waals surface area contributed by atoms with Crippen molar-refractivity contribution in [3.63, 3.8) is 0 Å². The van der Waals surface area contributed by atoms with Gasteiger partial charge in [-0.05, 0) is 83.6 Å². The van der Waals surface area contributed by atoms with E-state index in [4.69, 9.17) is 9.47 Å². The third-order valence-corrected chi connectivity index (χ3v) is 14.2. The first-order valence-corrected chi connectivity index (χ1v) is 26.4. The minimum absolute atomic E-state index is 0.0781. The Morgan fingerprint density at radius 1 is 0.641 bits per heavy atom. The zero-order valence-corrected chi connectivity index (χ0v) is 46.3. The van der Waals surface area contributed by atoms with Gasteiger partial charge in [-0.1, -0.05) is 44.2 Å². The van der Waals surface area contributed by atoms with Crippen LogP contribution in [0.4, 0.5) is 9.59 Å². The average Bonchev–Trinajstić information content (AvgIpc) is 4.29. The first kappa shape index (κ1) is 61.3. The summed E-state index contributed by atoms with van der Waals surface area (Å²) in [6.45, 7) is 5.05. The van der Waals surface area contributed by atoms with Gasteiger partial charge in [0.25, 0.3) is 0 Å². The van der Waals surface area contributed by atoms with E-state index >= 15 is 0 Å². The molecular formula is C52H78N12O14. The second kappa shape index (κ2) is 27.2. The summed E-state index contributed by atoms with van der Waals surface area (Å²) in [5.74, 6) is -7.40. The number of hydrogen-bond acceptors (Lipinski definition) is 14. The second-order valence-electron chi connectivity index (χ2n) is 21.6. The molecule has 12 amide bonds. The van der Waals surface area contributed by atoms with Crippen LogP contribution in [0.15, 0.2) is 30.3 Å². The Bertz CT molecular complexity index is 2410. The first-order chi connectivity index (χ1) is 36.7. The molecular weight excluding hydrogens is 1020 g/mol. The molecule has 1 saturated carbocycles. The Kier molecular flexibility index (Phi) is 21.4. The largest absolute Gasteiger partial charge is 0.445 e. The summed E-state index contributed by atoms with van der Waals surface area (Å²) in [5.41, 5.74) is -1.71. The van der Waals surface area contributed by atoms with E-state index in [1.165, 1.54) is 42.9 Å². The SMILES string of the molecule is CC(C)[C@H]1C(=O)NC[C@@H](NC(=O)OC(C)(C)C)C(=O)N2CCCC[C@H]2C(=O)NCC(=O)N(C)CC(=O)N(C)C2(CC2)C(=O)NC[C@@H](NC(=O)OCc2ccccc2)C(=O)N2CCCC[C@H]2C(=O)NCC(=O)N(C)CC(=O)N1C. The van der Waals surface area contributed by atoms with Crippen LogP contribution >= 0.6 is 0 Å². The van der Waals surface area contributed by atoms with E-state index in [2.05, 4.69) is 31.9 Å². The van der Waals surface area contributed by atoms with Crippen LogP contribution in [0.1, 0.15) is 91.5 Å². The summed E-state index contributed by atoms with van der Waals surface area (Å²) in [5, 5.41) is 15.6. The number of likely N-dealkylation sites (N-methyl/N-ethyl adjacent to an activating group) is 4. The Morgan fingerprint density at radius 2 is 1.13 bits per heavy atom. The number of nitrogens with one attached hydrogen (secondary N) is 6. The maximum atomic E-state index is 14.5. The monoisotopic (exact) mass is 1090 g/mol. The average molecular weight is 1100 g/mol. The van der Waals surface area contributed by atoms with Crippen LogP contribution in [0.5, 0.6) is 0 Å². The fourth-order valence-corrected chi connectivity index (χ4v) is 9.54. The summed E-state index contributed by atoms with van der Waals surface area (Å²) < 4.78 is 10.9. The lowest BCUT2D eigenvalue weighted by atomic mass is 9.99. The minimum atomic E-state index is -1.47. The van der Waals surface area contributed by atoms with Gasteiger partial charge in [0.05, 0.1) is 26.2 Å². The molecule has 26 heteroatoms. The standard InChI is InChI=1S/C52H78N12O14/c1-32(2)42-45(71)53-25-34(58-50(76)78-51(3,4)5)46(72)63-23-15-13-19-36(63)43(69)55-28-39(66)60(7)30-41(68)62(9)52(21-22-52)48(74)56-26-35(57-49(75)77-31-33-17-11-10-12-18-33)47(73)64-24-16-14-20-37(64)44(70)54-27-38(65)59(6)29-40(67)61(42)8/h10-12,17-18,32,34-37,42H,13-16,19-31H2,1-9H3,(H,53,71)(H,54,70)(H,55,69)(H,56,74)(H,57,75)(H,58,76)/t34-,35-,36+,37+,42+/m1/s1. The Morgan fingerprint density at radius 3 is 1.62 bits per heavy atom. The predicted molar refractivity (Wildman–Crippen MR) is 279 cm³/mol. The predicted octanol–water partition coefficient (Wildman–Crippen LogP) is -1.19. The van der Waals surface area contributed by atoms with Crippen molar-refractivity contribution in [3.8, 4) is 0 Å². The topological polar surface area (TPSA) is 315 Å². The van der Waals surface area contributed by atoms with Gasteiger partial charge >= 0.3 is 12.2 Å². The highest BCUT2D eigenvalue weighted by Crippen LogP contribution is 2.41. The molecule has 430 valence electrons. The lowest BCUT2D eigenvalue weighted by molar-refractivity contribution is -0.146. The lowest BCUT2D eigenvalue weighted by Crippen LogP contribution is -2.61. The molecule has 1 aliphatic carbocycles. The summed E-state index contributed by atoms with van der Waals surface area (Å²) in [4.78, 5) is 173. The molecule has 0 unspecified atom stereocenters. The number of nitrogens with zero attached hydrogens (tertiary/aromatic N) is 6. The highest BCUT2D eigenvalue weighted by molar-refractivity contribution is 5.98. The van der Waals surface area contributed by atoms with Crippen molar-refractivity contribution in [2.75, 3.05) is 80.5 Å². The van der Waals surface area contributed by atoms with Crippen LogP contribution in [0.2, 0.25) is 0 Å². The van der Waals surface area contributed by atoms with Crippen LogP contribution in [-0.2, 0) is 64.0 Å². The Labute approximate surface area is 454 Å². The number of rotatable bonds is 5. The van der Waals surface area contributed by atoms with Gasteiger partial charge in [-0.2, -0.15) is 0 Å². The van der Waals surface area contributed by atoms with Gasteiger partial charge in [0.1, 0.15) is 48.0 Å². The maximum absolute atomic E-state index is 14.5. The molecule has 6 N–H and O–H groups in total. The van der Waals surface area contributed by atoms with Crippen LogP contribution < -0.4 is 31.9 Å². The summed E-state index contributed by atoms with van der Waals surface area (Å²) in [6.07, 6.45) is 0.882. The molecule has 3 heterocycles. The molecule has 5 atom stereocenters. The summed E-state index contributed by atoms with van der Waals surface area (Å²) >= 11 is 0. The molecule has 78 heavy (non-hydrogen) atoms. The molecule has 0 aromatic heterocycles. The van der Waals surface area contributed by atoms with Crippen LogP contribution in [0, 0.1) is 5.92 Å². The number of piperidine rings is 2. The number of carbonyl (C=O) groups excluding carboxylic acids is 12. The van der Waals surface area contributed by atoms with Gasteiger partial charge in [-0.15, -0.1) is 0 Å². The number of benzene rings is 1. The molecule has 0 radical (unpaired) electrons. The maximum Gasteiger partial charge on any atom is 0.408 e. The minimum Gasteiger partial charge on any atom is -0.445 e. The fraction of sp³-hybridized carbons (Fsp3) is 0.654. The smallest absolute Gasteiger partial charge is 0.408 e. The molecule has 5 rings (SSSR count). The van der Waals surface area contributed by atoms with Gasteiger partial charge in [-0.3, -0.25) is 47.9 Å². The van der Waals surface area contributed by atoms with Gasteiger partial charge in [0.2, 0.25) is 59.1 Å². The number of fused-ring (bicyclic) bond motifs is 2. The molecule has 1 spiro atoms. The fourth-order valence-electron chi connectivity index (χ4n) is 9.54. The van der Waals surface area contributed by atoms with Crippen molar-refractivity contribution in [1.29, 1.82) is 0 Å². The van der Waals surface area contributed by atoms with E-state index in [0.717, 1.165) is 14.7 Å². The van der Waals surface area contributed by atoms with Gasteiger partial charge < -0.3 is 70.8 Å². The van der Waals surface area contributed by atoms with Gasteiger partial charge in [-0.25, -0.2) is 9.59 Å². The van der Waals surface area contributed by atoms with E-state index in [1.54, 1.807) is 65.0 Å². The number of carbonyl (C=O) groups is 12. The number of alkyl carbamates (subject to hydrolysis) is 2. The Balaban J connectivity index is 1.42. The highest BCUT2D eigenvalue weighted by Gasteiger charge is 2.55. The van der Waals surface area contributed by atoms with E-state index in [9.17, 15) is 57.5 Å². The molecule has 4 fully saturated rings. The second-order valence-corrected chi connectivity index (χ2v) is 21.6. The third-order valence-electron chi connectivity index (χ3n) is 14.2. The third kappa shape index (κ3) is 16.5. The molecule has 4 aliphatic rings.